The van der Waals surface area contributed by atoms with Crippen LogP contribution in [0, 0.1) is 0 Å². The number of alkyl halides is 2. The van der Waals surface area contributed by atoms with Crippen LogP contribution in [0.1, 0.15) is 5.56 Å². The molecule has 2 aromatic carbocycles. The van der Waals surface area contributed by atoms with E-state index >= 15 is 0 Å². The van der Waals surface area contributed by atoms with Crippen molar-refractivity contribution in [3.8, 4) is 5.75 Å². The molecular weight excluding hydrogens is 352 g/mol. The minimum atomic E-state index is -3.47. The van der Waals surface area contributed by atoms with Crippen molar-refractivity contribution in [3.05, 3.63) is 60.2 Å². The number of carbonyl (C=O) groups excluding carboxylic acids is 1. The first-order valence-electron chi connectivity index (χ1n) is 7.09. The molecule has 2 rings (SSSR count). The molecule has 0 spiro atoms. The van der Waals surface area contributed by atoms with Gasteiger partial charge in [0.2, 0.25) is 5.91 Å². The molecule has 0 saturated heterocycles. The summed E-state index contributed by atoms with van der Waals surface area (Å²) in [5, 5.41) is 2.50. The highest BCUT2D eigenvalue weighted by atomic mass is 32.2. The number of benzene rings is 2. The maximum absolute atomic E-state index is 12.1. The molecule has 5 nitrogen and oxygen atoms in total. The maximum Gasteiger partial charge on any atom is 0.387 e. The number of para-hydroxylation sites is 1. The van der Waals surface area contributed by atoms with Crippen molar-refractivity contribution in [2.75, 3.05) is 11.6 Å². The number of rotatable bonds is 6. The second-order valence-electron chi connectivity index (χ2n) is 5.04. The normalized spacial score (nSPS) is 11.7. The van der Waals surface area contributed by atoms with Gasteiger partial charge in [0, 0.05) is 12.3 Å². The number of ether oxygens (including phenoxy) is 1. The lowest BCUT2D eigenvalue weighted by molar-refractivity contribution is -0.111. The Morgan fingerprint density at radius 2 is 1.76 bits per heavy atom. The summed E-state index contributed by atoms with van der Waals surface area (Å²) in [6, 6.07) is 11.8. The topological polar surface area (TPSA) is 72.5 Å². The van der Waals surface area contributed by atoms with Gasteiger partial charge in [0.15, 0.2) is 9.84 Å². The molecule has 25 heavy (non-hydrogen) atoms. The van der Waals surface area contributed by atoms with Gasteiger partial charge >= 0.3 is 6.61 Å². The zero-order valence-electron chi connectivity index (χ0n) is 13.1. The Kier molecular flexibility index (Phi) is 5.87. The lowest BCUT2D eigenvalue weighted by Gasteiger charge is -2.07. The minimum absolute atomic E-state index is 0.0127. The van der Waals surface area contributed by atoms with Crippen LogP contribution in [0.3, 0.4) is 0 Å². The second kappa shape index (κ2) is 7.89. The molecule has 0 aliphatic heterocycles. The molecule has 1 N–H and O–H groups in total. The van der Waals surface area contributed by atoms with E-state index in [0.29, 0.717) is 5.56 Å². The summed E-state index contributed by atoms with van der Waals surface area (Å²) in [6.45, 7) is -2.90. The largest absolute Gasteiger partial charge is 0.435 e. The van der Waals surface area contributed by atoms with E-state index in [1.807, 2.05) is 0 Å². The molecular formula is C17H15F2NO4S. The van der Waals surface area contributed by atoms with E-state index in [-0.39, 0.29) is 16.3 Å². The van der Waals surface area contributed by atoms with E-state index in [0.717, 1.165) is 6.26 Å². The van der Waals surface area contributed by atoms with Crippen LogP contribution in [0.5, 0.6) is 5.75 Å². The van der Waals surface area contributed by atoms with Crippen LogP contribution >= 0.6 is 0 Å². The first-order valence-corrected chi connectivity index (χ1v) is 8.98. The first-order chi connectivity index (χ1) is 11.8. The third-order valence-corrected chi connectivity index (χ3v) is 4.23. The summed E-state index contributed by atoms with van der Waals surface area (Å²) in [7, 11) is -3.47. The summed E-state index contributed by atoms with van der Waals surface area (Å²) in [6.07, 6.45) is 3.73. The summed E-state index contributed by atoms with van der Waals surface area (Å²) < 4.78 is 51.7. The van der Waals surface area contributed by atoms with E-state index in [9.17, 15) is 22.0 Å². The van der Waals surface area contributed by atoms with E-state index in [1.165, 1.54) is 48.6 Å². The van der Waals surface area contributed by atoms with Gasteiger partial charge in [-0.15, -0.1) is 0 Å². The molecule has 0 bridgehead atoms. The summed E-state index contributed by atoms with van der Waals surface area (Å²) >= 11 is 0. The molecule has 0 unspecified atom stereocenters. The Labute approximate surface area is 143 Å². The van der Waals surface area contributed by atoms with Crippen molar-refractivity contribution in [2.45, 2.75) is 11.5 Å². The number of anilines is 1. The molecule has 0 aromatic heterocycles. The fourth-order valence-electron chi connectivity index (χ4n) is 2.00. The van der Waals surface area contributed by atoms with Crippen molar-refractivity contribution < 1.29 is 26.7 Å². The van der Waals surface area contributed by atoms with Crippen molar-refractivity contribution >= 4 is 27.5 Å². The number of halogens is 2. The molecule has 0 fully saturated rings. The Balaban J connectivity index is 2.07. The first kappa shape index (κ1) is 18.6. The van der Waals surface area contributed by atoms with Crippen molar-refractivity contribution in [1.29, 1.82) is 0 Å². The Hall–Kier alpha value is -2.74. The predicted octanol–water partition coefficient (Wildman–Crippen LogP) is 3.34. The molecule has 1 amide bonds. The van der Waals surface area contributed by atoms with Crippen LogP contribution in [-0.2, 0) is 14.6 Å². The molecule has 0 aliphatic rings. The smallest absolute Gasteiger partial charge is 0.387 e. The van der Waals surface area contributed by atoms with Gasteiger partial charge < -0.3 is 10.1 Å². The summed E-state index contributed by atoms with van der Waals surface area (Å²) in [5.74, 6) is -0.511. The molecule has 0 heterocycles. The van der Waals surface area contributed by atoms with Gasteiger partial charge in [-0.05, 0) is 35.9 Å². The van der Waals surface area contributed by atoms with Gasteiger partial charge in [0.05, 0.1) is 10.6 Å². The molecule has 132 valence electrons. The lowest BCUT2D eigenvalue weighted by Crippen LogP contribution is -2.11. The number of sulfone groups is 1. The average Bonchev–Trinajstić information content (AvgIpc) is 2.53. The molecule has 0 atom stereocenters. The van der Waals surface area contributed by atoms with Crippen LogP contribution in [0.25, 0.3) is 6.08 Å². The van der Waals surface area contributed by atoms with Crippen LogP contribution in [0.15, 0.2) is 59.5 Å². The van der Waals surface area contributed by atoms with Gasteiger partial charge in [0.1, 0.15) is 5.75 Å². The Bertz CT molecular complexity index is 878. The minimum Gasteiger partial charge on any atom is -0.435 e. The van der Waals surface area contributed by atoms with Crippen LogP contribution < -0.4 is 10.1 Å². The number of amides is 1. The van der Waals surface area contributed by atoms with Crippen LogP contribution in [-0.4, -0.2) is 27.2 Å². The molecule has 0 radical (unpaired) electrons. The quantitative estimate of drug-likeness (QED) is 0.795. The van der Waals surface area contributed by atoms with Gasteiger partial charge in [-0.25, -0.2) is 8.42 Å². The lowest BCUT2D eigenvalue weighted by atomic mass is 10.2. The molecule has 0 saturated carbocycles. The standard InChI is InChI=1S/C17H15F2NO4S/c1-25(22,23)15-5-3-2-4-14(15)20-16(21)11-8-12-6-9-13(10-7-12)24-17(18)19/h2-11,17H,1H3,(H,20,21). The van der Waals surface area contributed by atoms with E-state index < -0.39 is 22.4 Å². The zero-order chi connectivity index (χ0) is 18.4. The zero-order valence-corrected chi connectivity index (χ0v) is 14.0. The van der Waals surface area contributed by atoms with E-state index in [4.69, 9.17) is 0 Å². The van der Waals surface area contributed by atoms with Crippen molar-refractivity contribution in [3.63, 3.8) is 0 Å². The SMILES string of the molecule is CS(=O)(=O)c1ccccc1NC(=O)C=Cc1ccc(OC(F)F)cc1. The van der Waals surface area contributed by atoms with Gasteiger partial charge in [0.25, 0.3) is 0 Å². The fraction of sp³-hybridized carbons (Fsp3) is 0.118. The number of carbonyl (C=O) groups is 1. The maximum atomic E-state index is 12.1. The van der Waals surface area contributed by atoms with E-state index in [1.54, 1.807) is 12.1 Å². The second-order valence-corrected chi connectivity index (χ2v) is 7.02. The third kappa shape index (κ3) is 5.68. The van der Waals surface area contributed by atoms with Gasteiger partial charge in [-0.3, -0.25) is 4.79 Å². The molecule has 2 aromatic rings. The number of hydrogen-bond acceptors (Lipinski definition) is 4. The van der Waals surface area contributed by atoms with E-state index in [2.05, 4.69) is 10.1 Å². The van der Waals surface area contributed by atoms with Gasteiger partial charge in [-0.2, -0.15) is 8.78 Å². The van der Waals surface area contributed by atoms with Crippen molar-refractivity contribution in [2.24, 2.45) is 0 Å². The van der Waals surface area contributed by atoms with Crippen LogP contribution in [0.4, 0.5) is 14.5 Å². The molecule has 8 heteroatoms. The van der Waals surface area contributed by atoms with Gasteiger partial charge in [-0.1, -0.05) is 24.3 Å². The highest BCUT2D eigenvalue weighted by molar-refractivity contribution is 7.90. The van der Waals surface area contributed by atoms with Crippen molar-refractivity contribution in [1.82, 2.24) is 0 Å². The highest BCUT2D eigenvalue weighted by Crippen LogP contribution is 2.20. The summed E-state index contributed by atoms with van der Waals surface area (Å²) in [4.78, 5) is 12.0. The molecule has 0 aliphatic carbocycles. The monoisotopic (exact) mass is 367 g/mol. The highest BCUT2D eigenvalue weighted by Gasteiger charge is 2.13. The van der Waals surface area contributed by atoms with Crippen LogP contribution in [0.2, 0.25) is 0 Å². The number of hydrogen-bond donors (Lipinski definition) is 1. The number of nitrogens with one attached hydrogen (secondary N) is 1. The third-order valence-electron chi connectivity index (χ3n) is 3.08. The fourth-order valence-corrected chi connectivity index (χ4v) is 2.84. The Morgan fingerprint density at radius 1 is 1.12 bits per heavy atom. The average molecular weight is 367 g/mol. The predicted molar refractivity (Wildman–Crippen MR) is 90.3 cm³/mol. The summed E-state index contributed by atoms with van der Waals surface area (Å²) in [5.41, 5.74) is 0.772. The Morgan fingerprint density at radius 3 is 2.36 bits per heavy atom.